The van der Waals surface area contributed by atoms with E-state index in [0.29, 0.717) is 24.5 Å². The smallest absolute Gasteiger partial charge is 0.374 e. The Balaban J connectivity index is 1.68. The quantitative estimate of drug-likeness (QED) is 0.768. The van der Waals surface area contributed by atoms with Gasteiger partial charge in [0.15, 0.2) is 0 Å². The summed E-state index contributed by atoms with van der Waals surface area (Å²) in [6.45, 7) is 9.31. The van der Waals surface area contributed by atoms with E-state index in [0.717, 1.165) is 37.3 Å². The molecule has 1 aliphatic heterocycles. The van der Waals surface area contributed by atoms with Crippen LogP contribution in [0.25, 0.3) is 11.0 Å². The molecule has 0 N–H and O–H groups in total. The third-order valence-electron chi connectivity index (χ3n) is 4.56. The maximum atomic E-state index is 12.2. The lowest BCUT2D eigenvalue weighted by Gasteiger charge is -2.36. The Morgan fingerprint density at radius 2 is 1.88 bits per heavy atom. The lowest BCUT2D eigenvalue weighted by molar-refractivity contribution is -0.132. The number of hydrogen-bond acceptors (Lipinski definition) is 5. The molecule has 1 saturated heterocycles. The van der Waals surface area contributed by atoms with Crippen LogP contribution in [0.15, 0.2) is 28.7 Å². The molecule has 1 aromatic carbocycles. The zero-order valence-electron chi connectivity index (χ0n) is 15.7. The largest absolute Gasteiger partial charge is 0.460 e. The molecule has 0 saturated carbocycles. The van der Waals surface area contributed by atoms with Gasteiger partial charge >= 0.3 is 5.97 Å². The number of anilines is 1. The Kier molecular flexibility index (Phi) is 5.49. The topological polar surface area (TPSA) is 63.0 Å². The molecule has 0 spiro atoms. The van der Waals surface area contributed by atoms with Gasteiger partial charge in [0.25, 0.3) is 0 Å². The first-order valence-electron chi connectivity index (χ1n) is 9.21. The van der Waals surface area contributed by atoms with E-state index >= 15 is 0 Å². The number of nitrogens with zero attached hydrogens (tertiary/aromatic N) is 2. The van der Waals surface area contributed by atoms with Gasteiger partial charge in [-0.05, 0) is 37.1 Å². The fraction of sp³-hybridized carbons (Fsp3) is 0.500. The van der Waals surface area contributed by atoms with Crippen LogP contribution in [0.2, 0.25) is 0 Å². The van der Waals surface area contributed by atoms with Crippen molar-refractivity contribution >= 4 is 28.5 Å². The molecule has 2 heterocycles. The summed E-state index contributed by atoms with van der Waals surface area (Å²) in [5.41, 5.74) is 1.74. The second kappa shape index (κ2) is 7.81. The molecule has 1 amide bonds. The minimum absolute atomic E-state index is 0.225. The average Bonchev–Trinajstić information content (AvgIpc) is 3.05. The van der Waals surface area contributed by atoms with Gasteiger partial charge in [-0.3, -0.25) is 4.79 Å². The molecule has 0 atom stereocenters. The van der Waals surface area contributed by atoms with E-state index in [9.17, 15) is 9.59 Å². The van der Waals surface area contributed by atoms with E-state index in [1.807, 2.05) is 23.1 Å². The van der Waals surface area contributed by atoms with Gasteiger partial charge < -0.3 is 19.0 Å². The number of furan rings is 1. The van der Waals surface area contributed by atoms with Crippen LogP contribution in [-0.4, -0.2) is 49.6 Å². The number of carbonyl (C=O) groups excluding carboxylic acids is 2. The summed E-state index contributed by atoms with van der Waals surface area (Å²) < 4.78 is 10.5. The SMILES string of the molecule is CCOC(=O)c1cc2cc(N3CCN(C(=O)CC(C)C)CC3)ccc2o1. The van der Waals surface area contributed by atoms with Gasteiger partial charge in [-0.15, -0.1) is 0 Å². The third-order valence-corrected chi connectivity index (χ3v) is 4.56. The van der Waals surface area contributed by atoms with Crippen LogP contribution in [0.1, 0.15) is 37.7 Å². The molecule has 1 aliphatic rings. The molecule has 2 aromatic rings. The summed E-state index contributed by atoms with van der Waals surface area (Å²) in [7, 11) is 0. The highest BCUT2D eigenvalue weighted by Crippen LogP contribution is 2.26. The summed E-state index contributed by atoms with van der Waals surface area (Å²) in [5.74, 6) is 0.410. The van der Waals surface area contributed by atoms with E-state index in [4.69, 9.17) is 9.15 Å². The molecule has 3 rings (SSSR count). The van der Waals surface area contributed by atoms with Gasteiger partial charge in [-0.2, -0.15) is 0 Å². The van der Waals surface area contributed by atoms with Crippen molar-refractivity contribution in [2.24, 2.45) is 5.92 Å². The normalized spacial score (nSPS) is 14.9. The van der Waals surface area contributed by atoms with E-state index in [1.54, 1.807) is 13.0 Å². The summed E-state index contributed by atoms with van der Waals surface area (Å²) in [6.07, 6.45) is 0.609. The van der Waals surface area contributed by atoms with Gasteiger partial charge in [-0.25, -0.2) is 4.79 Å². The molecule has 0 unspecified atom stereocenters. The molecule has 26 heavy (non-hydrogen) atoms. The zero-order valence-corrected chi connectivity index (χ0v) is 15.7. The summed E-state index contributed by atoms with van der Waals surface area (Å²) in [6, 6.07) is 7.61. The molecular formula is C20H26N2O4. The maximum Gasteiger partial charge on any atom is 0.374 e. The van der Waals surface area contributed by atoms with Crippen LogP contribution >= 0.6 is 0 Å². The molecule has 1 aromatic heterocycles. The number of piperazine rings is 1. The minimum atomic E-state index is -0.442. The van der Waals surface area contributed by atoms with Gasteiger partial charge in [-0.1, -0.05) is 13.8 Å². The Hall–Kier alpha value is -2.50. The van der Waals surface area contributed by atoms with Crippen molar-refractivity contribution in [3.63, 3.8) is 0 Å². The first-order valence-corrected chi connectivity index (χ1v) is 9.21. The van der Waals surface area contributed by atoms with E-state index in [-0.39, 0.29) is 11.7 Å². The van der Waals surface area contributed by atoms with Gasteiger partial charge in [0.05, 0.1) is 6.61 Å². The number of amides is 1. The van der Waals surface area contributed by atoms with Crippen molar-refractivity contribution in [2.45, 2.75) is 27.2 Å². The van der Waals surface area contributed by atoms with E-state index in [1.165, 1.54) is 0 Å². The third kappa shape index (κ3) is 4.00. The second-order valence-electron chi connectivity index (χ2n) is 7.02. The first-order chi connectivity index (χ1) is 12.5. The van der Waals surface area contributed by atoms with Crippen molar-refractivity contribution in [3.05, 3.63) is 30.0 Å². The average molecular weight is 358 g/mol. The summed E-state index contributed by atoms with van der Waals surface area (Å²) in [5, 5.41) is 0.879. The predicted octanol–water partition coefficient (Wildman–Crippen LogP) is 3.30. The molecule has 0 radical (unpaired) electrons. The highest BCUT2D eigenvalue weighted by molar-refractivity contribution is 5.93. The van der Waals surface area contributed by atoms with Crippen LogP contribution in [0.4, 0.5) is 5.69 Å². The van der Waals surface area contributed by atoms with Crippen LogP contribution in [0, 0.1) is 5.92 Å². The molecule has 6 heteroatoms. The molecule has 140 valence electrons. The highest BCUT2D eigenvalue weighted by Gasteiger charge is 2.22. The Bertz CT molecular complexity index is 788. The van der Waals surface area contributed by atoms with Gasteiger partial charge in [0, 0.05) is 43.7 Å². The molecule has 1 fully saturated rings. The number of esters is 1. The number of benzene rings is 1. The maximum absolute atomic E-state index is 12.2. The minimum Gasteiger partial charge on any atom is -0.460 e. The predicted molar refractivity (Wildman–Crippen MR) is 100 cm³/mol. The van der Waals surface area contributed by atoms with Crippen molar-refractivity contribution in [1.82, 2.24) is 4.90 Å². The van der Waals surface area contributed by atoms with E-state index < -0.39 is 5.97 Å². The second-order valence-corrected chi connectivity index (χ2v) is 7.02. The van der Waals surface area contributed by atoms with Crippen LogP contribution in [-0.2, 0) is 9.53 Å². The number of ether oxygens (including phenoxy) is 1. The van der Waals surface area contributed by atoms with Crippen molar-refractivity contribution in [2.75, 3.05) is 37.7 Å². The monoisotopic (exact) mass is 358 g/mol. The summed E-state index contributed by atoms with van der Waals surface area (Å²) in [4.78, 5) is 28.2. The van der Waals surface area contributed by atoms with Crippen molar-refractivity contribution in [3.8, 4) is 0 Å². The summed E-state index contributed by atoms with van der Waals surface area (Å²) >= 11 is 0. The van der Waals surface area contributed by atoms with Crippen molar-refractivity contribution in [1.29, 1.82) is 0 Å². The number of fused-ring (bicyclic) bond motifs is 1. The lowest BCUT2D eigenvalue weighted by atomic mass is 10.1. The fourth-order valence-corrected chi connectivity index (χ4v) is 3.22. The standard InChI is InChI=1S/C20H26N2O4/c1-4-25-20(24)18-13-15-12-16(5-6-17(15)26-18)21-7-9-22(10-8-21)19(23)11-14(2)3/h5-6,12-14H,4,7-11H2,1-3H3. The van der Waals surface area contributed by atoms with Crippen LogP contribution in [0.5, 0.6) is 0 Å². The van der Waals surface area contributed by atoms with Gasteiger partial charge in [0.1, 0.15) is 5.58 Å². The van der Waals surface area contributed by atoms with E-state index in [2.05, 4.69) is 18.7 Å². The van der Waals surface area contributed by atoms with Crippen molar-refractivity contribution < 1.29 is 18.7 Å². The van der Waals surface area contributed by atoms with Gasteiger partial charge in [0.2, 0.25) is 11.7 Å². The zero-order chi connectivity index (χ0) is 18.7. The molecule has 6 nitrogen and oxygen atoms in total. The fourth-order valence-electron chi connectivity index (χ4n) is 3.22. The van der Waals surface area contributed by atoms with Crippen LogP contribution in [0.3, 0.4) is 0 Å². The Morgan fingerprint density at radius 1 is 1.15 bits per heavy atom. The number of hydrogen-bond donors (Lipinski definition) is 0. The number of carbonyl (C=O) groups is 2. The number of rotatable bonds is 5. The molecule has 0 bridgehead atoms. The Morgan fingerprint density at radius 3 is 2.54 bits per heavy atom. The first kappa shape index (κ1) is 18.3. The van der Waals surface area contributed by atoms with Crippen LogP contribution < -0.4 is 4.90 Å². The highest BCUT2D eigenvalue weighted by atomic mass is 16.5. The lowest BCUT2D eigenvalue weighted by Crippen LogP contribution is -2.49. The Labute approximate surface area is 153 Å². The molecule has 0 aliphatic carbocycles. The molecular weight excluding hydrogens is 332 g/mol.